The predicted molar refractivity (Wildman–Crippen MR) is 105 cm³/mol. The summed E-state index contributed by atoms with van der Waals surface area (Å²) in [6, 6.07) is 25.4. The summed E-state index contributed by atoms with van der Waals surface area (Å²) in [6.45, 7) is 4.21. The second kappa shape index (κ2) is 7.08. The molecule has 2 aromatic carbocycles. The smallest absolute Gasteiger partial charge is 0.129 e. The molecule has 2 heterocycles. The van der Waals surface area contributed by atoms with Crippen LogP contribution in [0.5, 0.6) is 0 Å². The molecule has 0 aliphatic carbocycles. The highest BCUT2D eigenvalue weighted by molar-refractivity contribution is 5.74. The minimum Gasteiger partial charge on any atom is -0.354 e. The molecule has 0 N–H and O–H groups in total. The standard InChI is InChI=1S/C22H23N3/c1-24-12-14-25(15-13-24)22-17-20(18-8-4-2-5-9-18)16-21(23-22)19-10-6-3-7-11-19/h2-11,16-17H,12-15H2,1H3. The van der Waals surface area contributed by atoms with E-state index >= 15 is 0 Å². The molecule has 1 aromatic heterocycles. The van der Waals surface area contributed by atoms with Gasteiger partial charge in [-0.2, -0.15) is 0 Å². The molecule has 0 atom stereocenters. The fraction of sp³-hybridized carbons (Fsp3) is 0.227. The number of hydrogen-bond acceptors (Lipinski definition) is 3. The van der Waals surface area contributed by atoms with Gasteiger partial charge in [0, 0.05) is 31.7 Å². The van der Waals surface area contributed by atoms with Gasteiger partial charge >= 0.3 is 0 Å². The van der Waals surface area contributed by atoms with Crippen molar-refractivity contribution in [2.75, 3.05) is 38.1 Å². The molecule has 3 nitrogen and oxygen atoms in total. The van der Waals surface area contributed by atoms with E-state index in [-0.39, 0.29) is 0 Å². The molecule has 0 bridgehead atoms. The van der Waals surface area contributed by atoms with Gasteiger partial charge in [0.1, 0.15) is 5.82 Å². The second-order valence-corrected chi connectivity index (χ2v) is 6.62. The molecule has 4 rings (SSSR count). The maximum atomic E-state index is 4.99. The second-order valence-electron chi connectivity index (χ2n) is 6.62. The van der Waals surface area contributed by atoms with E-state index in [4.69, 9.17) is 4.98 Å². The Morgan fingerprint density at radius 2 is 1.28 bits per heavy atom. The van der Waals surface area contributed by atoms with Crippen LogP contribution in [-0.2, 0) is 0 Å². The lowest BCUT2D eigenvalue weighted by Crippen LogP contribution is -2.44. The molecule has 0 amide bonds. The number of aromatic nitrogens is 1. The van der Waals surface area contributed by atoms with Crippen molar-refractivity contribution >= 4 is 5.82 Å². The van der Waals surface area contributed by atoms with Crippen LogP contribution in [-0.4, -0.2) is 43.1 Å². The normalized spacial score (nSPS) is 15.3. The monoisotopic (exact) mass is 329 g/mol. The van der Waals surface area contributed by atoms with Crippen LogP contribution in [0.15, 0.2) is 72.8 Å². The summed E-state index contributed by atoms with van der Waals surface area (Å²) < 4.78 is 0. The lowest BCUT2D eigenvalue weighted by atomic mass is 10.0. The van der Waals surface area contributed by atoms with E-state index < -0.39 is 0 Å². The highest BCUT2D eigenvalue weighted by Crippen LogP contribution is 2.29. The van der Waals surface area contributed by atoms with Crippen molar-refractivity contribution in [2.45, 2.75) is 0 Å². The maximum Gasteiger partial charge on any atom is 0.129 e. The van der Waals surface area contributed by atoms with Crippen LogP contribution in [0, 0.1) is 0 Å². The van der Waals surface area contributed by atoms with Gasteiger partial charge in [0.25, 0.3) is 0 Å². The number of rotatable bonds is 3. The number of hydrogen-bond donors (Lipinski definition) is 0. The number of pyridine rings is 1. The van der Waals surface area contributed by atoms with Crippen LogP contribution in [0.2, 0.25) is 0 Å². The first-order valence-electron chi connectivity index (χ1n) is 8.86. The van der Waals surface area contributed by atoms with Crippen LogP contribution >= 0.6 is 0 Å². The van der Waals surface area contributed by atoms with Crippen LogP contribution in [0.1, 0.15) is 0 Å². The number of nitrogens with zero attached hydrogens (tertiary/aromatic N) is 3. The van der Waals surface area contributed by atoms with Crippen LogP contribution in [0.4, 0.5) is 5.82 Å². The van der Waals surface area contributed by atoms with Gasteiger partial charge in [0.05, 0.1) is 5.69 Å². The van der Waals surface area contributed by atoms with Gasteiger partial charge < -0.3 is 9.80 Å². The van der Waals surface area contributed by atoms with E-state index in [1.165, 1.54) is 11.1 Å². The average Bonchev–Trinajstić information content (AvgIpc) is 2.69. The molecule has 0 unspecified atom stereocenters. The number of benzene rings is 2. The van der Waals surface area contributed by atoms with Gasteiger partial charge in [0.2, 0.25) is 0 Å². The van der Waals surface area contributed by atoms with E-state index in [1.54, 1.807) is 0 Å². The fourth-order valence-electron chi connectivity index (χ4n) is 3.27. The molecule has 0 saturated carbocycles. The topological polar surface area (TPSA) is 19.4 Å². The first-order chi connectivity index (χ1) is 12.3. The van der Waals surface area contributed by atoms with Crippen molar-refractivity contribution in [1.29, 1.82) is 0 Å². The molecule has 1 saturated heterocycles. The van der Waals surface area contributed by atoms with Crippen LogP contribution in [0.25, 0.3) is 22.4 Å². The molecule has 1 aliphatic rings. The zero-order valence-corrected chi connectivity index (χ0v) is 14.6. The molecule has 126 valence electrons. The van der Waals surface area contributed by atoms with Gasteiger partial charge in [-0.05, 0) is 30.3 Å². The van der Waals surface area contributed by atoms with Crippen molar-refractivity contribution < 1.29 is 0 Å². The Kier molecular flexibility index (Phi) is 4.49. The number of anilines is 1. The fourth-order valence-corrected chi connectivity index (χ4v) is 3.27. The third-order valence-electron chi connectivity index (χ3n) is 4.82. The largest absolute Gasteiger partial charge is 0.354 e. The Labute approximate surface area is 149 Å². The highest BCUT2D eigenvalue weighted by atomic mass is 15.3. The Morgan fingerprint density at radius 1 is 0.680 bits per heavy atom. The molecule has 0 spiro atoms. The Bertz CT molecular complexity index is 765. The minimum atomic E-state index is 1.02. The van der Waals surface area contributed by atoms with Gasteiger partial charge in [-0.3, -0.25) is 0 Å². The Morgan fingerprint density at radius 3 is 1.92 bits per heavy atom. The first-order valence-corrected chi connectivity index (χ1v) is 8.86. The molecule has 25 heavy (non-hydrogen) atoms. The minimum absolute atomic E-state index is 1.02. The van der Waals surface area contributed by atoms with Crippen molar-refractivity contribution in [2.24, 2.45) is 0 Å². The summed E-state index contributed by atoms with van der Waals surface area (Å²) >= 11 is 0. The van der Waals surface area contributed by atoms with E-state index in [1.807, 2.05) is 6.07 Å². The van der Waals surface area contributed by atoms with Crippen molar-refractivity contribution in [3.8, 4) is 22.4 Å². The average molecular weight is 329 g/mol. The maximum absolute atomic E-state index is 4.99. The number of likely N-dealkylation sites (N-methyl/N-ethyl adjacent to an activating group) is 1. The zero-order valence-electron chi connectivity index (χ0n) is 14.6. The molecule has 1 aliphatic heterocycles. The third-order valence-corrected chi connectivity index (χ3v) is 4.82. The summed E-state index contributed by atoms with van der Waals surface area (Å²) in [4.78, 5) is 9.76. The van der Waals surface area contributed by atoms with Gasteiger partial charge in [0.15, 0.2) is 0 Å². The van der Waals surface area contributed by atoms with Gasteiger partial charge in [-0.15, -0.1) is 0 Å². The Hall–Kier alpha value is -2.65. The zero-order chi connectivity index (χ0) is 17.1. The summed E-state index contributed by atoms with van der Waals surface area (Å²) in [7, 11) is 2.18. The molecule has 1 fully saturated rings. The molecular formula is C22H23N3. The Balaban J connectivity index is 1.78. The van der Waals surface area contributed by atoms with Crippen molar-refractivity contribution in [1.82, 2.24) is 9.88 Å². The molecule has 3 aromatic rings. The summed E-state index contributed by atoms with van der Waals surface area (Å²) in [5, 5.41) is 0. The molecule has 3 heteroatoms. The van der Waals surface area contributed by atoms with E-state index in [0.29, 0.717) is 0 Å². The molecule has 0 radical (unpaired) electrons. The first kappa shape index (κ1) is 15.9. The van der Waals surface area contributed by atoms with E-state index in [0.717, 1.165) is 43.3 Å². The molecular weight excluding hydrogens is 306 g/mol. The third kappa shape index (κ3) is 3.57. The highest BCUT2D eigenvalue weighted by Gasteiger charge is 2.17. The van der Waals surface area contributed by atoms with Crippen molar-refractivity contribution in [3.63, 3.8) is 0 Å². The predicted octanol–water partition coefficient (Wildman–Crippen LogP) is 4.17. The van der Waals surface area contributed by atoms with Crippen LogP contribution < -0.4 is 4.90 Å². The summed E-state index contributed by atoms with van der Waals surface area (Å²) in [5.41, 5.74) is 4.66. The van der Waals surface area contributed by atoms with E-state index in [2.05, 4.69) is 83.6 Å². The lowest BCUT2D eigenvalue weighted by molar-refractivity contribution is 0.312. The SMILES string of the molecule is CN1CCN(c2cc(-c3ccccc3)cc(-c3ccccc3)n2)CC1. The van der Waals surface area contributed by atoms with E-state index in [9.17, 15) is 0 Å². The van der Waals surface area contributed by atoms with Gasteiger partial charge in [-0.25, -0.2) is 4.98 Å². The van der Waals surface area contributed by atoms with Gasteiger partial charge in [-0.1, -0.05) is 60.7 Å². The quantitative estimate of drug-likeness (QED) is 0.719. The summed E-state index contributed by atoms with van der Waals surface area (Å²) in [5.74, 6) is 1.08. The van der Waals surface area contributed by atoms with Crippen molar-refractivity contribution in [3.05, 3.63) is 72.8 Å². The summed E-state index contributed by atoms with van der Waals surface area (Å²) in [6.07, 6.45) is 0. The van der Waals surface area contributed by atoms with Crippen LogP contribution in [0.3, 0.4) is 0 Å². The number of piperazine rings is 1. The lowest BCUT2D eigenvalue weighted by Gasteiger charge is -2.33.